The van der Waals surface area contributed by atoms with Crippen molar-refractivity contribution in [3.63, 3.8) is 0 Å². The van der Waals surface area contributed by atoms with Crippen molar-refractivity contribution in [2.75, 3.05) is 39.5 Å². The van der Waals surface area contributed by atoms with Crippen LogP contribution in [0.5, 0.6) is 0 Å². The zero-order chi connectivity index (χ0) is 19.1. The van der Waals surface area contributed by atoms with E-state index in [1.54, 1.807) is 4.90 Å². The largest absolute Gasteiger partial charge is 0.381 e. The molecule has 5 aliphatic rings. The van der Waals surface area contributed by atoms with Crippen LogP contribution in [0.3, 0.4) is 0 Å². The molecule has 0 aromatic heterocycles. The SMILES string of the molecule is CC1CN(CC2CCCC2)CC1C1=NC2=CN(C3CCOCC3)CN2C(=O)N1. The van der Waals surface area contributed by atoms with Gasteiger partial charge in [0.25, 0.3) is 0 Å². The number of nitrogens with zero attached hydrogens (tertiary/aromatic N) is 4. The molecule has 28 heavy (non-hydrogen) atoms. The van der Waals surface area contributed by atoms with E-state index in [4.69, 9.17) is 9.73 Å². The Morgan fingerprint density at radius 3 is 2.75 bits per heavy atom. The van der Waals surface area contributed by atoms with Crippen LogP contribution < -0.4 is 5.32 Å². The summed E-state index contributed by atoms with van der Waals surface area (Å²) in [5.74, 6) is 3.41. The molecule has 7 heteroatoms. The van der Waals surface area contributed by atoms with E-state index in [-0.39, 0.29) is 6.03 Å². The summed E-state index contributed by atoms with van der Waals surface area (Å²) in [5, 5.41) is 3.12. The maximum absolute atomic E-state index is 12.8. The van der Waals surface area contributed by atoms with E-state index in [2.05, 4.69) is 28.2 Å². The number of hydrogen-bond acceptors (Lipinski definition) is 5. The zero-order valence-corrected chi connectivity index (χ0v) is 17.0. The van der Waals surface area contributed by atoms with Crippen LogP contribution in [-0.4, -0.2) is 72.1 Å². The van der Waals surface area contributed by atoms with Gasteiger partial charge in [0, 0.05) is 51.0 Å². The predicted molar refractivity (Wildman–Crippen MR) is 107 cm³/mol. The first-order chi connectivity index (χ1) is 13.7. The summed E-state index contributed by atoms with van der Waals surface area (Å²) in [6.07, 6.45) is 9.69. The number of urea groups is 1. The van der Waals surface area contributed by atoms with Crippen molar-refractivity contribution in [3.8, 4) is 0 Å². The van der Waals surface area contributed by atoms with Gasteiger partial charge in [0.1, 0.15) is 12.5 Å². The van der Waals surface area contributed by atoms with E-state index in [1.807, 2.05) is 0 Å². The van der Waals surface area contributed by atoms with Crippen LogP contribution in [0.15, 0.2) is 17.0 Å². The molecule has 7 nitrogen and oxygen atoms in total. The monoisotopic (exact) mass is 387 g/mol. The topological polar surface area (TPSA) is 60.4 Å². The standard InChI is InChI=1S/C21H33N5O2/c1-15-10-24(11-16-4-2-3-5-16)12-18(15)20-22-19-13-25(14-26(19)21(27)23-20)17-6-8-28-9-7-17/h13,15-18H,2-12,14H2,1H3,(H,22,23,27). The van der Waals surface area contributed by atoms with Gasteiger partial charge < -0.3 is 14.5 Å². The van der Waals surface area contributed by atoms with Gasteiger partial charge in [0.2, 0.25) is 0 Å². The maximum Gasteiger partial charge on any atom is 0.329 e. The van der Waals surface area contributed by atoms with E-state index >= 15 is 0 Å². The summed E-state index contributed by atoms with van der Waals surface area (Å²) >= 11 is 0. The van der Waals surface area contributed by atoms with Crippen molar-refractivity contribution in [3.05, 3.63) is 12.0 Å². The molecule has 0 bridgehead atoms. The fourth-order valence-corrected chi connectivity index (χ4v) is 5.62. The third-order valence-corrected chi connectivity index (χ3v) is 7.27. The lowest BCUT2D eigenvalue weighted by Crippen LogP contribution is -2.50. The Balaban J connectivity index is 1.28. The number of hydrogen-bond donors (Lipinski definition) is 1. The van der Waals surface area contributed by atoms with Gasteiger partial charge in [0.15, 0.2) is 5.82 Å². The summed E-state index contributed by atoms with van der Waals surface area (Å²) in [7, 11) is 0. The van der Waals surface area contributed by atoms with Gasteiger partial charge in [-0.05, 0) is 37.5 Å². The predicted octanol–water partition coefficient (Wildman–Crippen LogP) is 2.42. The molecule has 2 unspecified atom stereocenters. The number of carbonyl (C=O) groups excluding carboxylic acids is 1. The second-order valence-corrected chi connectivity index (χ2v) is 9.29. The van der Waals surface area contributed by atoms with Crippen LogP contribution in [0.1, 0.15) is 45.4 Å². The Kier molecular flexibility index (Phi) is 5.05. The van der Waals surface area contributed by atoms with Gasteiger partial charge in [-0.3, -0.25) is 10.2 Å². The molecule has 1 aliphatic carbocycles. The highest BCUT2D eigenvalue weighted by Gasteiger charge is 2.40. The Bertz CT molecular complexity index is 666. The minimum absolute atomic E-state index is 0.0211. The molecule has 5 rings (SSSR count). The molecule has 0 radical (unpaired) electrons. The first-order valence-corrected chi connectivity index (χ1v) is 11.1. The Morgan fingerprint density at radius 1 is 1.18 bits per heavy atom. The number of aliphatic imine (C=N–C) groups is 1. The molecule has 2 amide bonds. The first-order valence-electron chi connectivity index (χ1n) is 11.1. The summed E-state index contributed by atoms with van der Waals surface area (Å²) in [4.78, 5) is 24.3. The van der Waals surface area contributed by atoms with Crippen molar-refractivity contribution in [2.24, 2.45) is 22.7 Å². The number of rotatable bonds is 4. The number of ether oxygens (including phenoxy) is 1. The third-order valence-electron chi connectivity index (χ3n) is 7.27. The fourth-order valence-electron chi connectivity index (χ4n) is 5.62. The Hall–Kier alpha value is -1.60. The number of nitrogens with one attached hydrogen (secondary N) is 1. The van der Waals surface area contributed by atoms with Crippen molar-refractivity contribution < 1.29 is 9.53 Å². The fraction of sp³-hybridized carbons (Fsp3) is 0.810. The molecule has 1 N–H and O–H groups in total. The van der Waals surface area contributed by atoms with Crippen molar-refractivity contribution in [1.82, 2.24) is 20.0 Å². The molecule has 3 fully saturated rings. The summed E-state index contributed by atoms with van der Waals surface area (Å²) in [6, 6.07) is 0.429. The lowest BCUT2D eigenvalue weighted by Gasteiger charge is -2.32. The second-order valence-electron chi connectivity index (χ2n) is 9.29. The molecular formula is C21H33N5O2. The highest BCUT2D eigenvalue weighted by Crippen LogP contribution is 2.32. The van der Waals surface area contributed by atoms with E-state index < -0.39 is 0 Å². The molecule has 4 heterocycles. The molecule has 2 atom stereocenters. The van der Waals surface area contributed by atoms with Gasteiger partial charge in [-0.15, -0.1) is 0 Å². The van der Waals surface area contributed by atoms with Crippen LogP contribution in [0.2, 0.25) is 0 Å². The number of fused-ring (bicyclic) bond motifs is 1. The van der Waals surface area contributed by atoms with Crippen LogP contribution in [0.25, 0.3) is 0 Å². The van der Waals surface area contributed by atoms with Crippen LogP contribution in [-0.2, 0) is 4.74 Å². The average molecular weight is 388 g/mol. The molecule has 154 valence electrons. The Morgan fingerprint density at radius 2 is 1.96 bits per heavy atom. The second kappa shape index (κ2) is 7.67. The zero-order valence-electron chi connectivity index (χ0n) is 17.0. The summed E-state index contributed by atoms with van der Waals surface area (Å²) in [5.41, 5.74) is 0. The molecule has 4 aliphatic heterocycles. The first kappa shape index (κ1) is 18.4. The molecule has 0 spiro atoms. The van der Waals surface area contributed by atoms with Crippen LogP contribution >= 0.6 is 0 Å². The summed E-state index contributed by atoms with van der Waals surface area (Å²) in [6.45, 7) is 7.88. The number of amidine groups is 1. The van der Waals surface area contributed by atoms with Gasteiger partial charge in [-0.25, -0.2) is 9.79 Å². The number of carbonyl (C=O) groups is 1. The summed E-state index contributed by atoms with van der Waals surface area (Å²) < 4.78 is 5.48. The normalized spacial score (nSPS) is 32.5. The highest BCUT2D eigenvalue weighted by molar-refractivity contribution is 6.02. The molecular weight excluding hydrogens is 354 g/mol. The van der Waals surface area contributed by atoms with E-state index in [1.165, 1.54) is 32.2 Å². The minimum Gasteiger partial charge on any atom is -0.381 e. The molecule has 0 aromatic rings. The lowest BCUT2D eigenvalue weighted by molar-refractivity contribution is 0.0459. The third kappa shape index (κ3) is 3.54. The van der Waals surface area contributed by atoms with Crippen molar-refractivity contribution in [2.45, 2.75) is 51.5 Å². The molecule has 0 aromatic carbocycles. The maximum atomic E-state index is 12.8. The van der Waals surface area contributed by atoms with E-state index in [0.717, 1.165) is 56.7 Å². The highest BCUT2D eigenvalue weighted by atomic mass is 16.5. The number of amides is 2. The number of likely N-dealkylation sites (tertiary alicyclic amines) is 1. The van der Waals surface area contributed by atoms with E-state index in [0.29, 0.717) is 24.5 Å². The Labute approximate surface area is 167 Å². The van der Waals surface area contributed by atoms with Gasteiger partial charge in [-0.1, -0.05) is 19.8 Å². The van der Waals surface area contributed by atoms with Gasteiger partial charge in [0.05, 0.1) is 0 Å². The molecule has 2 saturated heterocycles. The van der Waals surface area contributed by atoms with Crippen molar-refractivity contribution >= 4 is 11.9 Å². The average Bonchev–Trinajstić information content (AvgIpc) is 3.43. The minimum atomic E-state index is -0.0211. The van der Waals surface area contributed by atoms with Crippen LogP contribution in [0.4, 0.5) is 4.79 Å². The van der Waals surface area contributed by atoms with Crippen molar-refractivity contribution in [1.29, 1.82) is 0 Å². The lowest BCUT2D eigenvalue weighted by atomic mass is 9.96. The van der Waals surface area contributed by atoms with E-state index in [9.17, 15) is 4.79 Å². The quantitative estimate of drug-likeness (QED) is 0.805. The van der Waals surface area contributed by atoms with Gasteiger partial charge in [-0.2, -0.15) is 0 Å². The smallest absolute Gasteiger partial charge is 0.329 e. The van der Waals surface area contributed by atoms with Gasteiger partial charge >= 0.3 is 6.03 Å². The van der Waals surface area contributed by atoms with Crippen LogP contribution in [0, 0.1) is 17.8 Å². The molecule has 1 saturated carbocycles.